The van der Waals surface area contributed by atoms with Crippen molar-refractivity contribution in [3.8, 4) is 5.75 Å². The largest absolute Gasteiger partial charge is 0.489 e. The second kappa shape index (κ2) is 6.65. The van der Waals surface area contributed by atoms with Crippen LogP contribution in [0.4, 0.5) is 0 Å². The number of carbonyl (C=O) groups is 1. The molecule has 116 valence electrons. The molecule has 0 heterocycles. The Kier molecular flexibility index (Phi) is 4.86. The predicted octanol–water partition coefficient (Wildman–Crippen LogP) is 4.19. The molecule has 0 aromatic heterocycles. The van der Waals surface area contributed by atoms with E-state index in [9.17, 15) is 4.79 Å². The normalized spacial score (nSPS) is 11.2. The number of benzene rings is 2. The van der Waals surface area contributed by atoms with Crippen molar-refractivity contribution in [2.45, 2.75) is 39.2 Å². The van der Waals surface area contributed by atoms with Crippen molar-refractivity contribution in [2.75, 3.05) is 0 Å². The van der Waals surface area contributed by atoms with Crippen LogP contribution in [0.5, 0.6) is 5.75 Å². The second-order valence-electron chi connectivity index (χ2n) is 6.45. The Morgan fingerprint density at radius 3 is 2.00 bits per heavy atom. The third-order valence-corrected chi connectivity index (χ3v) is 3.50. The highest BCUT2D eigenvalue weighted by molar-refractivity contribution is 5.70. The van der Waals surface area contributed by atoms with Crippen molar-refractivity contribution >= 4 is 5.97 Å². The first kappa shape index (κ1) is 16.1. The van der Waals surface area contributed by atoms with E-state index in [2.05, 4.69) is 45.0 Å². The zero-order valence-corrected chi connectivity index (χ0v) is 13.3. The van der Waals surface area contributed by atoms with Crippen LogP contribution in [0.25, 0.3) is 0 Å². The smallest absolute Gasteiger partial charge is 0.307 e. The molecular weight excluding hydrogens is 276 g/mol. The number of aliphatic carboxylic acids is 1. The van der Waals surface area contributed by atoms with Crippen molar-refractivity contribution in [3.63, 3.8) is 0 Å². The van der Waals surface area contributed by atoms with E-state index in [1.807, 2.05) is 12.1 Å². The van der Waals surface area contributed by atoms with Gasteiger partial charge in [-0.3, -0.25) is 4.79 Å². The molecule has 0 aliphatic heterocycles. The molecule has 3 nitrogen and oxygen atoms in total. The molecule has 3 heteroatoms. The van der Waals surface area contributed by atoms with Crippen molar-refractivity contribution < 1.29 is 14.6 Å². The Morgan fingerprint density at radius 1 is 0.955 bits per heavy atom. The molecule has 2 rings (SSSR count). The first-order chi connectivity index (χ1) is 10.3. The van der Waals surface area contributed by atoms with E-state index < -0.39 is 5.97 Å². The highest BCUT2D eigenvalue weighted by atomic mass is 16.5. The van der Waals surface area contributed by atoms with Crippen molar-refractivity contribution in [1.82, 2.24) is 0 Å². The highest BCUT2D eigenvalue weighted by Gasteiger charge is 2.12. The number of carboxylic acid groups (broad SMARTS) is 1. The monoisotopic (exact) mass is 298 g/mol. The Hall–Kier alpha value is -2.29. The number of rotatable bonds is 5. The minimum absolute atomic E-state index is 0.0363. The fourth-order valence-electron chi connectivity index (χ4n) is 2.15. The van der Waals surface area contributed by atoms with E-state index >= 15 is 0 Å². The Balaban J connectivity index is 1.94. The average Bonchev–Trinajstić information content (AvgIpc) is 2.45. The molecule has 0 unspecified atom stereocenters. The first-order valence-corrected chi connectivity index (χ1v) is 7.37. The summed E-state index contributed by atoms with van der Waals surface area (Å²) in [6.07, 6.45) is 0.0363. The summed E-state index contributed by atoms with van der Waals surface area (Å²) in [6, 6.07) is 15.6. The molecule has 0 fully saturated rings. The highest BCUT2D eigenvalue weighted by Crippen LogP contribution is 2.22. The van der Waals surface area contributed by atoms with Gasteiger partial charge in [0, 0.05) is 0 Å². The lowest BCUT2D eigenvalue weighted by atomic mass is 9.87. The van der Waals surface area contributed by atoms with Gasteiger partial charge < -0.3 is 9.84 Å². The van der Waals surface area contributed by atoms with Crippen LogP contribution in [0, 0.1) is 0 Å². The summed E-state index contributed by atoms with van der Waals surface area (Å²) < 4.78 is 5.73. The minimum Gasteiger partial charge on any atom is -0.489 e. The van der Waals surface area contributed by atoms with E-state index in [-0.39, 0.29) is 11.8 Å². The summed E-state index contributed by atoms with van der Waals surface area (Å²) in [5.41, 5.74) is 3.34. The molecule has 22 heavy (non-hydrogen) atoms. The topological polar surface area (TPSA) is 46.5 Å². The van der Waals surface area contributed by atoms with Gasteiger partial charge in [0.1, 0.15) is 12.4 Å². The molecule has 0 spiro atoms. The summed E-state index contributed by atoms with van der Waals surface area (Å²) in [5.74, 6) is -0.0818. The van der Waals surface area contributed by atoms with Gasteiger partial charge in [-0.15, -0.1) is 0 Å². The first-order valence-electron chi connectivity index (χ1n) is 7.37. The molecule has 2 aromatic carbocycles. The molecule has 1 N–H and O–H groups in total. The van der Waals surface area contributed by atoms with Gasteiger partial charge in [0.2, 0.25) is 0 Å². The number of hydrogen-bond donors (Lipinski definition) is 1. The lowest BCUT2D eigenvalue weighted by molar-refractivity contribution is -0.136. The van der Waals surface area contributed by atoms with Crippen molar-refractivity contribution in [3.05, 3.63) is 65.2 Å². The third-order valence-electron chi connectivity index (χ3n) is 3.50. The summed E-state index contributed by atoms with van der Waals surface area (Å²) in [7, 11) is 0. The van der Waals surface area contributed by atoms with Crippen molar-refractivity contribution in [1.29, 1.82) is 0 Å². The lowest BCUT2D eigenvalue weighted by Crippen LogP contribution is -2.10. The average molecular weight is 298 g/mol. The van der Waals surface area contributed by atoms with E-state index in [1.165, 1.54) is 5.56 Å². The molecule has 0 aliphatic carbocycles. The van der Waals surface area contributed by atoms with Crippen LogP contribution in [0.3, 0.4) is 0 Å². The second-order valence-corrected chi connectivity index (χ2v) is 6.45. The predicted molar refractivity (Wildman–Crippen MR) is 87.3 cm³/mol. The number of hydrogen-bond acceptors (Lipinski definition) is 2. The Labute approximate surface area is 131 Å². The fourth-order valence-corrected chi connectivity index (χ4v) is 2.15. The van der Waals surface area contributed by atoms with Crippen LogP contribution in [0.2, 0.25) is 0 Å². The van der Waals surface area contributed by atoms with E-state index in [0.717, 1.165) is 16.9 Å². The van der Waals surface area contributed by atoms with Crippen LogP contribution in [0.1, 0.15) is 37.5 Å². The minimum atomic E-state index is -0.826. The summed E-state index contributed by atoms with van der Waals surface area (Å²) in [4.78, 5) is 10.6. The SMILES string of the molecule is CC(C)(C)c1ccc(COc2ccc(CC(=O)O)cc2)cc1. The van der Waals surface area contributed by atoms with Gasteiger partial charge in [-0.2, -0.15) is 0 Å². The Morgan fingerprint density at radius 2 is 1.50 bits per heavy atom. The molecule has 2 aromatic rings. The molecule has 0 saturated carbocycles. The van der Waals surface area contributed by atoms with Crippen LogP contribution >= 0.6 is 0 Å². The quantitative estimate of drug-likeness (QED) is 0.900. The standard InChI is InChI=1S/C19H22O3/c1-19(2,3)16-8-4-15(5-9-16)13-22-17-10-6-14(7-11-17)12-18(20)21/h4-11H,12-13H2,1-3H3,(H,20,21). The van der Waals surface area contributed by atoms with Crippen LogP contribution < -0.4 is 4.74 Å². The van der Waals surface area contributed by atoms with Crippen LogP contribution in [-0.4, -0.2) is 11.1 Å². The molecule has 0 radical (unpaired) electrons. The molecule has 0 amide bonds. The zero-order chi connectivity index (χ0) is 16.2. The van der Waals surface area contributed by atoms with Gasteiger partial charge in [0.15, 0.2) is 0 Å². The maximum atomic E-state index is 10.6. The number of ether oxygens (including phenoxy) is 1. The lowest BCUT2D eigenvalue weighted by Gasteiger charge is -2.19. The van der Waals surface area contributed by atoms with Gasteiger partial charge in [0.05, 0.1) is 6.42 Å². The number of carboxylic acids is 1. The molecule has 0 atom stereocenters. The Bertz CT molecular complexity index is 619. The van der Waals surface area contributed by atoms with E-state index in [0.29, 0.717) is 6.61 Å². The van der Waals surface area contributed by atoms with Crippen LogP contribution in [-0.2, 0) is 23.2 Å². The molecular formula is C19H22O3. The van der Waals surface area contributed by atoms with Crippen molar-refractivity contribution in [2.24, 2.45) is 0 Å². The fraction of sp³-hybridized carbons (Fsp3) is 0.316. The summed E-state index contributed by atoms with van der Waals surface area (Å²) >= 11 is 0. The summed E-state index contributed by atoms with van der Waals surface area (Å²) in [5, 5.41) is 8.74. The van der Waals surface area contributed by atoms with Gasteiger partial charge in [-0.25, -0.2) is 0 Å². The third kappa shape index (κ3) is 4.62. The maximum Gasteiger partial charge on any atom is 0.307 e. The van der Waals surface area contributed by atoms with Gasteiger partial charge >= 0.3 is 5.97 Å². The zero-order valence-electron chi connectivity index (χ0n) is 13.3. The summed E-state index contributed by atoms with van der Waals surface area (Å²) in [6.45, 7) is 7.08. The molecule has 0 saturated heterocycles. The van der Waals surface area contributed by atoms with Gasteiger partial charge in [0.25, 0.3) is 0 Å². The van der Waals surface area contributed by atoms with E-state index in [1.54, 1.807) is 12.1 Å². The van der Waals surface area contributed by atoms with Gasteiger partial charge in [-0.1, -0.05) is 57.2 Å². The molecule has 0 bridgehead atoms. The molecule has 0 aliphatic rings. The van der Waals surface area contributed by atoms with Crippen LogP contribution in [0.15, 0.2) is 48.5 Å². The maximum absolute atomic E-state index is 10.6. The van der Waals surface area contributed by atoms with E-state index in [4.69, 9.17) is 9.84 Å². The van der Waals surface area contributed by atoms with Gasteiger partial charge in [-0.05, 0) is 34.2 Å².